The number of alkyl carbamates (subject to hydrolysis) is 1. The number of likely N-dealkylation sites (N-methyl/N-ethyl adjacent to an activating group) is 1. The van der Waals surface area contributed by atoms with Crippen molar-refractivity contribution in [2.24, 2.45) is 5.92 Å². The molecule has 0 radical (unpaired) electrons. The summed E-state index contributed by atoms with van der Waals surface area (Å²) in [5.74, 6) is -8.47. The maximum atomic E-state index is 15.4. The Morgan fingerprint density at radius 2 is 1.18 bits per heavy atom. The van der Waals surface area contributed by atoms with E-state index in [2.05, 4.69) is 58.2 Å². The third-order valence-corrected chi connectivity index (χ3v) is 17.3. The number of nitrogens with one attached hydrogen (secondary N) is 11. The van der Waals surface area contributed by atoms with Gasteiger partial charge in [-0.05, 0) is 119 Å². The predicted octanol–water partition coefficient (Wildman–Crippen LogP) is 1.62. The van der Waals surface area contributed by atoms with E-state index in [1.807, 2.05) is 19.9 Å². The van der Waals surface area contributed by atoms with Crippen LogP contribution in [0.5, 0.6) is 5.75 Å². The lowest BCUT2D eigenvalue weighted by molar-refractivity contribution is -0.143. The zero-order chi connectivity index (χ0) is 74.9. The minimum atomic E-state index is -1.92. The molecule has 4 aromatic carbocycles. The summed E-state index contributed by atoms with van der Waals surface area (Å²) < 4.78 is 5.36. The van der Waals surface area contributed by atoms with Crippen LogP contribution in [0.1, 0.15) is 109 Å². The maximum absolute atomic E-state index is 15.4. The molecule has 3 heterocycles. The van der Waals surface area contributed by atoms with Gasteiger partial charge in [0.05, 0.1) is 24.7 Å². The molecule has 29 heteroatoms. The number of nitrogens with zero attached hydrogens (tertiary/aromatic N) is 2. The number of H-pyrrole nitrogens is 1. The number of carbonyl (C=O) groups excluding carboxylic acids is 12. The molecule has 554 valence electrons. The zero-order valence-electron chi connectivity index (χ0n) is 59.1. The van der Waals surface area contributed by atoms with Crippen LogP contribution in [0.2, 0.25) is 0 Å². The van der Waals surface area contributed by atoms with Gasteiger partial charge in [0.25, 0.3) is 11.8 Å². The highest BCUT2D eigenvalue weighted by Gasteiger charge is 2.40. The summed E-state index contributed by atoms with van der Waals surface area (Å²) in [6.07, 6.45) is -0.957. The molecule has 5 aromatic rings. The number of aliphatic hydroxyl groups is 2. The molecule has 103 heavy (non-hydrogen) atoms. The summed E-state index contributed by atoms with van der Waals surface area (Å²) >= 11 is 0. The van der Waals surface area contributed by atoms with E-state index in [-0.39, 0.29) is 82.7 Å². The Balaban J connectivity index is 1.17. The third kappa shape index (κ3) is 25.2. The van der Waals surface area contributed by atoms with Crippen LogP contribution in [0.15, 0.2) is 128 Å². The molecule has 14 N–H and O–H groups in total. The fraction of sp³-hybridized carbons (Fsp3) is 0.459. The van der Waals surface area contributed by atoms with E-state index >= 15 is 19.2 Å². The van der Waals surface area contributed by atoms with Crippen molar-refractivity contribution >= 4 is 82.0 Å². The number of fused-ring (bicyclic) bond motifs is 1. The maximum Gasteiger partial charge on any atom is 0.407 e. The van der Waals surface area contributed by atoms with Crippen molar-refractivity contribution in [3.05, 3.63) is 150 Å². The first-order valence-corrected chi connectivity index (χ1v) is 34.7. The van der Waals surface area contributed by atoms with Gasteiger partial charge in [0, 0.05) is 81.6 Å². The number of rotatable bonds is 29. The van der Waals surface area contributed by atoms with Crippen molar-refractivity contribution in [3.63, 3.8) is 0 Å². The molecular formula is C74H97N13O16. The highest BCUT2D eigenvalue weighted by atomic mass is 16.6. The lowest BCUT2D eigenvalue weighted by Gasteiger charge is -2.35. The molecule has 7 rings (SSSR count). The number of hydrogen-bond acceptors (Lipinski definition) is 17. The lowest BCUT2D eigenvalue weighted by atomic mass is 9.99. The number of phenols is 1. The molecule has 0 spiro atoms. The Morgan fingerprint density at radius 3 is 1.83 bits per heavy atom. The summed E-state index contributed by atoms with van der Waals surface area (Å²) in [5.41, 5.74) is 2.12. The van der Waals surface area contributed by atoms with Crippen molar-refractivity contribution in [3.8, 4) is 5.75 Å². The Hall–Kier alpha value is -10.5. The predicted molar refractivity (Wildman–Crippen MR) is 380 cm³/mol. The summed E-state index contributed by atoms with van der Waals surface area (Å²) in [4.78, 5) is 174. The largest absolute Gasteiger partial charge is 0.508 e. The zero-order valence-corrected chi connectivity index (χ0v) is 59.1. The quantitative estimate of drug-likeness (QED) is 0.0239. The SMILES string of the molecule is CC(C)C[C@H](NC(=O)[C@H](Cc1ccccc1)NC(=O)CNC(=O)CC[C@H]1C(=O)N[C@@H](Cc2ccc(O)cc2)C(=O)N[C@H](Cc2c[nH]c3ccccc23)C(=O)N[C@@H](CCCCNC(=O)OC(C)(C)C)C(=O)N[C@@H]([C@@H](C)O)C(O)N[C@@H](Cc2ccccc2)C(=O)N1C)C(=O)NCCCN1C(=O)C=CC1=O. The first kappa shape index (κ1) is 79.8. The minimum absolute atomic E-state index is 0.0414. The monoisotopic (exact) mass is 1420 g/mol. The van der Waals surface area contributed by atoms with Gasteiger partial charge >= 0.3 is 6.09 Å². The van der Waals surface area contributed by atoms with Crippen LogP contribution < -0.4 is 53.2 Å². The second-order valence-electron chi connectivity index (χ2n) is 27.3. The normalized spacial score (nSPS) is 20.3. The van der Waals surface area contributed by atoms with Crippen LogP contribution in [-0.4, -0.2) is 201 Å². The van der Waals surface area contributed by atoms with Crippen molar-refractivity contribution < 1.29 is 77.6 Å². The Bertz CT molecular complexity index is 3770. The highest BCUT2D eigenvalue weighted by molar-refractivity contribution is 6.13. The van der Waals surface area contributed by atoms with Gasteiger partial charge in [0.1, 0.15) is 53.8 Å². The first-order chi connectivity index (χ1) is 49.0. The van der Waals surface area contributed by atoms with Crippen LogP contribution in [0.25, 0.3) is 10.9 Å². The number of unbranched alkanes of at least 4 members (excludes halogenated alkanes) is 1. The molecule has 1 fully saturated rings. The van der Waals surface area contributed by atoms with Gasteiger partial charge in [-0.25, -0.2) is 4.79 Å². The molecule has 29 nitrogen and oxygen atoms in total. The standard InChI is InChI=1S/C74H97N13O16/c1-44(2)37-54(65(94)75-35-18-36-87-62(92)32-33-63(87)93)81-67(96)55(38-46-19-10-8-11-20-46)79-61(91)43-78-60(90)31-30-59-70(99)83-56(39-48-26-28-50(89)29-27-48)68(97)82-57(41-49-42-77-52-24-15-14-23-51(49)52)69(98)80-53(25-16-17-34-76-73(102)103-74(4,5)6)66(95)85-64(45(3)88)71(100)84-58(72(101)86(59)7)40-47-21-12-9-13-22-47/h8-15,19-24,26-29,32-33,42,44-45,53-59,64,71,77,84,88-89,100H,16-18,25,30-31,34-41,43H2,1-7H3,(H,75,94)(H,76,102)(H,78,90)(H,79,91)(H,80,98)(H,81,96)(H,82,97)(H,83,99)(H,85,95)/t45-,53+,54+,55+,56+,57-,58+,59+,64+,71?/m1/s1. The van der Waals surface area contributed by atoms with Gasteiger partial charge in [-0.3, -0.25) is 63.0 Å². The number of carbonyl (C=O) groups is 12. The van der Waals surface area contributed by atoms with E-state index in [0.29, 0.717) is 39.6 Å². The fourth-order valence-electron chi connectivity index (χ4n) is 11.9. The second kappa shape index (κ2) is 38.5. The lowest BCUT2D eigenvalue weighted by Crippen LogP contribution is -2.64. The number of hydrogen-bond donors (Lipinski definition) is 14. The number of amides is 12. The van der Waals surface area contributed by atoms with Crippen LogP contribution in [0.3, 0.4) is 0 Å². The molecule has 1 saturated heterocycles. The first-order valence-electron chi connectivity index (χ1n) is 34.7. The number of aromatic amines is 1. The molecule has 1 unspecified atom stereocenters. The van der Waals surface area contributed by atoms with Gasteiger partial charge in [-0.15, -0.1) is 0 Å². The summed E-state index contributed by atoms with van der Waals surface area (Å²) in [7, 11) is 1.27. The summed E-state index contributed by atoms with van der Waals surface area (Å²) in [6.45, 7) is 9.67. The second-order valence-corrected chi connectivity index (χ2v) is 27.3. The average Bonchev–Trinajstić information content (AvgIpc) is 1.80. The molecule has 0 bridgehead atoms. The van der Waals surface area contributed by atoms with Crippen LogP contribution >= 0.6 is 0 Å². The number of phenolic OH excluding ortho intramolecular Hbond substituents is 1. The van der Waals surface area contributed by atoms with Gasteiger partial charge < -0.3 is 77.8 Å². The molecular weight excluding hydrogens is 1330 g/mol. The smallest absolute Gasteiger partial charge is 0.407 e. The van der Waals surface area contributed by atoms with Crippen molar-refractivity contribution in [2.75, 3.05) is 33.2 Å². The van der Waals surface area contributed by atoms with E-state index in [0.717, 1.165) is 22.0 Å². The topological polar surface area (TPSA) is 417 Å². The van der Waals surface area contributed by atoms with Crippen molar-refractivity contribution in [2.45, 2.75) is 178 Å². The Labute approximate surface area is 598 Å². The molecule has 12 amide bonds. The molecule has 2 aliphatic rings. The molecule has 1 aromatic heterocycles. The summed E-state index contributed by atoms with van der Waals surface area (Å²) in [5, 5.41) is 61.8. The molecule has 0 saturated carbocycles. The van der Waals surface area contributed by atoms with Gasteiger partial charge in [0.2, 0.25) is 53.2 Å². The third-order valence-electron chi connectivity index (χ3n) is 17.3. The number of aromatic nitrogens is 1. The molecule has 2 aliphatic heterocycles. The Morgan fingerprint density at radius 1 is 0.602 bits per heavy atom. The van der Waals surface area contributed by atoms with Crippen molar-refractivity contribution in [1.29, 1.82) is 0 Å². The molecule has 10 atom stereocenters. The number of imide groups is 1. The van der Waals surface area contributed by atoms with Gasteiger partial charge in [0.15, 0.2) is 0 Å². The minimum Gasteiger partial charge on any atom is -0.508 e. The van der Waals surface area contributed by atoms with Crippen LogP contribution in [0.4, 0.5) is 4.79 Å². The van der Waals surface area contributed by atoms with E-state index < -0.39 is 157 Å². The number of aromatic hydroxyl groups is 1. The number of aliphatic hydroxyl groups excluding tert-OH is 2. The van der Waals surface area contributed by atoms with Crippen LogP contribution in [-0.2, 0) is 83.2 Å². The van der Waals surface area contributed by atoms with E-state index in [1.165, 1.54) is 38.2 Å². The van der Waals surface area contributed by atoms with E-state index in [9.17, 15) is 53.7 Å². The van der Waals surface area contributed by atoms with Gasteiger partial charge in [-0.1, -0.05) is 105 Å². The number of para-hydroxylation sites is 1. The fourth-order valence-corrected chi connectivity index (χ4v) is 11.9. The van der Waals surface area contributed by atoms with E-state index in [4.69, 9.17) is 4.74 Å². The van der Waals surface area contributed by atoms with E-state index in [1.54, 1.807) is 106 Å². The van der Waals surface area contributed by atoms with Crippen molar-refractivity contribution in [1.82, 2.24) is 68.0 Å². The average molecular weight is 1420 g/mol. The van der Waals surface area contributed by atoms with Gasteiger partial charge in [-0.2, -0.15) is 0 Å². The Kier molecular flexibility index (Phi) is 29.8. The molecule has 0 aliphatic carbocycles. The van der Waals surface area contributed by atoms with Crippen LogP contribution in [0, 0.1) is 5.92 Å². The summed E-state index contributed by atoms with van der Waals surface area (Å²) in [6, 6.07) is 18.7. The number of benzene rings is 4. The number of ether oxygens (including phenoxy) is 1. The highest BCUT2D eigenvalue weighted by Crippen LogP contribution is 2.22.